The molecule has 172 valence electrons. The van der Waals surface area contributed by atoms with E-state index in [1.807, 2.05) is 47.6 Å². The normalized spacial score (nSPS) is 14.5. The molecule has 0 aliphatic carbocycles. The van der Waals surface area contributed by atoms with Gasteiger partial charge in [0.2, 0.25) is 0 Å². The Morgan fingerprint density at radius 2 is 1.77 bits per heavy atom. The molecule has 1 rings (SSSR count). The van der Waals surface area contributed by atoms with Crippen LogP contribution in [0.15, 0.2) is 9.98 Å². The molecule has 0 aliphatic heterocycles. The second kappa shape index (κ2) is 11.6. The van der Waals surface area contributed by atoms with Crippen LogP contribution in [0.4, 0.5) is 0 Å². The maximum absolute atomic E-state index is 12.7. The molecule has 0 atom stereocenters. The van der Waals surface area contributed by atoms with Gasteiger partial charge >= 0.3 is 11.9 Å². The molecule has 0 aliphatic rings. The van der Waals surface area contributed by atoms with Crippen LogP contribution in [-0.4, -0.2) is 54.6 Å². The lowest BCUT2D eigenvalue weighted by molar-refractivity contribution is -0.139. The number of hydrogen-bond donors (Lipinski definition) is 1. The molecule has 0 saturated heterocycles. The fraction of sp³-hybridized carbons (Fsp3) is 0.583. The topological polar surface area (TPSA) is 93.1 Å². The van der Waals surface area contributed by atoms with Crippen LogP contribution in [0.3, 0.4) is 0 Å². The lowest BCUT2D eigenvalue weighted by Gasteiger charge is -2.19. The minimum absolute atomic E-state index is 0.0152. The second-order valence-electron chi connectivity index (χ2n) is 7.96. The molecule has 0 amide bonds. The molecule has 1 aromatic heterocycles. The molecule has 1 N–H and O–H groups in total. The average Bonchev–Trinajstić information content (AvgIpc) is 3.05. The van der Waals surface area contributed by atoms with Crippen molar-refractivity contribution >= 4 is 35.0 Å². The van der Waals surface area contributed by atoms with Gasteiger partial charge in [0.15, 0.2) is 0 Å². The number of nitrogens with zero attached hydrogens (tertiary/aromatic N) is 2. The van der Waals surface area contributed by atoms with Crippen molar-refractivity contribution in [2.75, 3.05) is 20.8 Å². The fourth-order valence-corrected chi connectivity index (χ4v) is 3.18. The van der Waals surface area contributed by atoms with Gasteiger partial charge < -0.3 is 14.5 Å². The first-order valence-electron chi connectivity index (χ1n) is 10.7. The van der Waals surface area contributed by atoms with E-state index in [0.717, 1.165) is 29.5 Å². The minimum Gasteiger partial charge on any atom is -0.469 e. The van der Waals surface area contributed by atoms with Crippen molar-refractivity contribution in [2.45, 2.75) is 73.3 Å². The summed E-state index contributed by atoms with van der Waals surface area (Å²) in [5.41, 5.74) is 3.03. The number of esters is 2. The molecular formula is C24H37N3O4. The number of rotatable bonds is 9. The first-order chi connectivity index (χ1) is 14.5. The maximum atomic E-state index is 12.7. The van der Waals surface area contributed by atoms with Crippen LogP contribution in [0.25, 0.3) is 11.6 Å². The Labute approximate surface area is 185 Å². The zero-order valence-electron chi connectivity index (χ0n) is 20.4. The molecule has 0 fully saturated rings. The number of aromatic amines is 1. The highest BCUT2D eigenvalue weighted by Crippen LogP contribution is 2.17. The van der Waals surface area contributed by atoms with Crippen LogP contribution in [0.5, 0.6) is 0 Å². The van der Waals surface area contributed by atoms with E-state index in [2.05, 4.69) is 16.9 Å². The Kier molecular flexibility index (Phi) is 9.88. The number of carbonyl (C=O) groups is 2. The number of methoxy groups -OCH3 is 2. The second-order valence-corrected chi connectivity index (χ2v) is 7.96. The van der Waals surface area contributed by atoms with Crippen LogP contribution < -0.4 is 10.7 Å². The summed E-state index contributed by atoms with van der Waals surface area (Å²) in [6.45, 7) is 14.5. The summed E-state index contributed by atoms with van der Waals surface area (Å²) in [5.74, 6) is -0.881. The van der Waals surface area contributed by atoms with Crippen molar-refractivity contribution in [3.8, 4) is 0 Å². The van der Waals surface area contributed by atoms with Gasteiger partial charge in [0.25, 0.3) is 0 Å². The predicted octanol–water partition coefficient (Wildman–Crippen LogP) is 3.12. The predicted molar refractivity (Wildman–Crippen MR) is 126 cm³/mol. The van der Waals surface area contributed by atoms with Crippen molar-refractivity contribution in [1.82, 2.24) is 4.98 Å². The number of H-pyrrole nitrogens is 1. The van der Waals surface area contributed by atoms with Crippen molar-refractivity contribution in [3.05, 3.63) is 21.8 Å². The molecule has 0 radical (unpaired) electrons. The Hall–Kier alpha value is -2.70. The summed E-state index contributed by atoms with van der Waals surface area (Å²) < 4.78 is 9.98. The Morgan fingerprint density at radius 1 is 1.13 bits per heavy atom. The summed E-state index contributed by atoms with van der Waals surface area (Å²) in [7, 11) is 2.69. The highest BCUT2D eigenvalue weighted by molar-refractivity contribution is 6.20. The van der Waals surface area contributed by atoms with Crippen molar-refractivity contribution < 1.29 is 19.1 Å². The van der Waals surface area contributed by atoms with Crippen LogP contribution in [-0.2, 0) is 14.3 Å². The van der Waals surface area contributed by atoms with E-state index >= 15 is 0 Å². The summed E-state index contributed by atoms with van der Waals surface area (Å²) in [4.78, 5) is 37.6. The Bertz CT molecular complexity index is 981. The van der Waals surface area contributed by atoms with Crippen molar-refractivity contribution in [3.63, 3.8) is 0 Å². The van der Waals surface area contributed by atoms with Gasteiger partial charge in [-0.05, 0) is 59.1 Å². The van der Waals surface area contributed by atoms with Gasteiger partial charge in [-0.25, -0.2) is 4.79 Å². The average molecular weight is 432 g/mol. The van der Waals surface area contributed by atoms with Crippen LogP contribution in [0.1, 0.15) is 76.7 Å². The molecule has 0 bridgehead atoms. The first-order valence-corrected chi connectivity index (χ1v) is 10.7. The molecular weight excluding hydrogens is 394 g/mol. The van der Waals surface area contributed by atoms with E-state index in [9.17, 15) is 9.59 Å². The molecule has 31 heavy (non-hydrogen) atoms. The molecule has 1 aromatic rings. The largest absolute Gasteiger partial charge is 0.469 e. The lowest BCUT2D eigenvalue weighted by atomic mass is 10.00. The third-order valence-electron chi connectivity index (χ3n) is 5.34. The van der Waals surface area contributed by atoms with Crippen LogP contribution in [0, 0.1) is 6.92 Å². The molecule has 0 saturated carbocycles. The SMILES string of the molecule is CCN=C(/C=c1\[nH]/c(=C(/CC(=O)OC)C(C)=NC(C)(C)CC)c(C(=O)OC)c1C)CC. The van der Waals surface area contributed by atoms with E-state index < -0.39 is 11.9 Å². The monoisotopic (exact) mass is 431 g/mol. The molecule has 7 heteroatoms. The van der Waals surface area contributed by atoms with Gasteiger partial charge in [-0.3, -0.25) is 14.8 Å². The van der Waals surface area contributed by atoms with Crippen molar-refractivity contribution in [1.29, 1.82) is 0 Å². The highest BCUT2D eigenvalue weighted by atomic mass is 16.5. The van der Waals surface area contributed by atoms with E-state index in [0.29, 0.717) is 28.7 Å². The zero-order chi connectivity index (χ0) is 23.8. The summed E-state index contributed by atoms with van der Waals surface area (Å²) in [5, 5.41) is 1.29. The van der Waals surface area contributed by atoms with Gasteiger partial charge in [-0.2, -0.15) is 0 Å². The molecule has 0 spiro atoms. The minimum atomic E-state index is -0.473. The summed E-state index contributed by atoms with van der Waals surface area (Å²) in [6.07, 6.45) is 3.51. The standard InChI is InChI=1S/C24H37N3O4/c1-10-17(25-12-3)13-19-15(4)21(23(29)31-9)22(26-19)18(14-20(28)30-8)16(5)27-24(6,7)11-2/h13,26H,10-12,14H2,1-9H3/b19-13-,22-18-,25-17?,27-16?. The maximum Gasteiger partial charge on any atom is 0.340 e. The van der Waals surface area contributed by atoms with E-state index in [4.69, 9.17) is 14.5 Å². The molecule has 0 unspecified atom stereocenters. The highest BCUT2D eigenvalue weighted by Gasteiger charge is 2.22. The van der Waals surface area contributed by atoms with E-state index in [1.165, 1.54) is 14.2 Å². The number of aliphatic imine (C=N–C) groups is 2. The number of hydrogen-bond acceptors (Lipinski definition) is 6. The molecule has 1 heterocycles. The zero-order valence-corrected chi connectivity index (χ0v) is 20.4. The van der Waals surface area contributed by atoms with Gasteiger partial charge in [0.05, 0.1) is 37.1 Å². The summed E-state index contributed by atoms with van der Waals surface area (Å²) in [6, 6.07) is 0. The quantitative estimate of drug-likeness (QED) is 0.480. The first kappa shape index (κ1) is 26.3. The Balaban J connectivity index is 4.08. The molecule has 0 aromatic carbocycles. The number of ether oxygens (including phenoxy) is 2. The summed E-state index contributed by atoms with van der Waals surface area (Å²) >= 11 is 0. The van der Waals surface area contributed by atoms with Crippen LogP contribution in [0.2, 0.25) is 0 Å². The lowest BCUT2D eigenvalue weighted by Crippen LogP contribution is -2.26. The number of carbonyl (C=O) groups excluding carboxylic acids is 2. The van der Waals surface area contributed by atoms with Gasteiger partial charge in [0, 0.05) is 28.9 Å². The number of aromatic nitrogens is 1. The van der Waals surface area contributed by atoms with Gasteiger partial charge in [-0.15, -0.1) is 0 Å². The van der Waals surface area contributed by atoms with Crippen molar-refractivity contribution in [2.24, 2.45) is 9.98 Å². The van der Waals surface area contributed by atoms with Gasteiger partial charge in [-0.1, -0.05) is 13.8 Å². The smallest absolute Gasteiger partial charge is 0.340 e. The van der Waals surface area contributed by atoms with E-state index in [-0.39, 0.29) is 12.0 Å². The van der Waals surface area contributed by atoms with Crippen LogP contribution >= 0.6 is 0 Å². The molecule has 7 nitrogen and oxygen atoms in total. The third-order valence-corrected chi connectivity index (χ3v) is 5.34. The third kappa shape index (κ3) is 6.91. The number of nitrogens with one attached hydrogen (secondary N) is 1. The Morgan fingerprint density at radius 3 is 2.26 bits per heavy atom. The van der Waals surface area contributed by atoms with Gasteiger partial charge in [0.1, 0.15) is 0 Å². The fourth-order valence-electron chi connectivity index (χ4n) is 3.18. The van der Waals surface area contributed by atoms with E-state index in [1.54, 1.807) is 0 Å².